The normalized spacial score (nSPS) is 10.7. The van der Waals surface area contributed by atoms with E-state index in [-0.39, 0.29) is 17.5 Å². The number of hydrogen-bond acceptors (Lipinski definition) is 4. The second-order valence-corrected chi connectivity index (χ2v) is 6.07. The van der Waals surface area contributed by atoms with E-state index in [2.05, 4.69) is 5.32 Å². The molecule has 2 aromatic rings. The highest BCUT2D eigenvalue weighted by Crippen LogP contribution is 2.28. The molecule has 0 fully saturated rings. The van der Waals surface area contributed by atoms with Crippen molar-refractivity contribution in [3.8, 4) is 11.5 Å². The third-order valence-corrected chi connectivity index (χ3v) is 4.19. The fraction of sp³-hybridized carbons (Fsp3) is 0.316. The number of ether oxygens (including phenoxy) is 2. The van der Waals surface area contributed by atoms with E-state index >= 15 is 0 Å². The summed E-state index contributed by atoms with van der Waals surface area (Å²) in [4.78, 5) is 14.2. The van der Waals surface area contributed by atoms with E-state index in [1.807, 2.05) is 30.0 Å². The number of nitrogens with zero attached hydrogens (tertiary/aromatic N) is 1. The van der Waals surface area contributed by atoms with E-state index in [1.54, 1.807) is 14.2 Å². The van der Waals surface area contributed by atoms with Gasteiger partial charge in [0.15, 0.2) is 11.5 Å². The molecule has 5 nitrogen and oxygen atoms in total. The quantitative estimate of drug-likeness (QED) is 0.753. The van der Waals surface area contributed by atoms with E-state index in [9.17, 15) is 9.18 Å². The number of carbonyl (C=O) groups excluding carboxylic acids is 1. The summed E-state index contributed by atoms with van der Waals surface area (Å²) in [5, 5.41) is 2.87. The van der Waals surface area contributed by atoms with Crippen molar-refractivity contribution in [1.29, 1.82) is 0 Å². The van der Waals surface area contributed by atoms with Crippen molar-refractivity contribution in [3.63, 3.8) is 0 Å². The summed E-state index contributed by atoms with van der Waals surface area (Å²) in [7, 11) is 3.17. The first-order chi connectivity index (χ1) is 12.5. The molecule has 0 aliphatic carbocycles. The number of methoxy groups -OCH3 is 2. The lowest BCUT2D eigenvalue weighted by molar-refractivity contribution is -0.117. The van der Waals surface area contributed by atoms with Crippen LogP contribution in [0.25, 0.3) is 0 Å². The Morgan fingerprint density at radius 2 is 1.88 bits per heavy atom. The molecule has 0 aliphatic heterocycles. The van der Waals surface area contributed by atoms with Gasteiger partial charge in [0.05, 0.1) is 31.5 Å². The highest BCUT2D eigenvalue weighted by molar-refractivity contribution is 6.33. The number of amides is 1. The van der Waals surface area contributed by atoms with E-state index in [1.165, 1.54) is 18.2 Å². The van der Waals surface area contributed by atoms with E-state index < -0.39 is 5.82 Å². The molecule has 0 saturated carbocycles. The zero-order chi connectivity index (χ0) is 19.1. The second-order valence-electron chi connectivity index (χ2n) is 5.66. The number of halogens is 2. The zero-order valence-corrected chi connectivity index (χ0v) is 15.8. The molecule has 140 valence electrons. The molecule has 26 heavy (non-hydrogen) atoms. The number of rotatable bonds is 8. The number of hydrogen-bond donors (Lipinski definition) is 1. The standard InChI is InChI=1S/C19H22ClFN2O3/c1-4-23(11-13-5-8-17(25-2)18(9-13)26-3)12-19(24)22-16-7-6-14(21)10-15(16)20/h5-10H,4,11-12H2,1-3H3,(H,22,24). The van der Waals surface area contributed by atoms with Gasteiger partial charge >= 0.3 is 0 Å². The Balaban J connectivity index is 2.01. The Bertz CT molecular complexity index is 770. The number of anilines is 1. The predicted molar refractivity (Wildman–Crippen MR) is 101 cm³/mol. The molecule has 2 rings (SSSR count). The highest BCUT2D eigenvalue weighted by Gasteiger charge is 2.13. The van der Waals surface area contributed by atoms with Crippen LogP contribution in [0.15, 0.2) is 36.4 Å². The minimum Gasteiger partial charge on any atom is -0.493 e. The molecule has 0 heterocycles. The van der Waals surface area contributed by atoms with Crippen molar-refractivity contribution in [3.05, 3.63) is 52.8 Å². The summed E-state index contributed by atoms with van der Waals surface area (Å²) in [6, 6.07) is 9.51. The molecular weight excluding hydrogens is 359 g/mol. The Labute approximate surface area is 157 Å². The molecular formula is C19H22ClFN2O3. The Kier molecular flexibility index (Phi) is 7.24. The Morgan fingerprint density at radius 3 is 2.50 bits per heavy atom. The van der Waals surface area contributed by atoms with Gasteiger partial charge in [0.2, 0.25) is 5.91 Å². The van der Waals surface area contributed by atoms with Crippen LogP contribution in [-0.4, -0.2) is 38.1 Å². The lowest BCUT2D eigenvalue weighted by Crippen LogP contribution is -2.32. The van der Waals surface area contributed by atoms with Crippen LogP contribution in [-0.2, 0) is 11.3 Å². The lowest BCUT2D eigenvalue weighted by Gasteiger charge is -2.21. The number of carbonyl (C=O) groups is 1. The van der Waals surface area contributed by atoms with Gasteiger partial charge in [-0.25, -0.2) is 4.39 Å². The van der Waals surface area contributed by atoms with Crippen molar-refractivity contribution < 1.29 is 18.7 Å². The molecule has 0 aliphatic rings. The highest BCUT2D eigenvalue weighted by atomic mass is 35.5. The van der Waals surface area contributed by atoms with Gasteiger partial charge < -0.3 is 14.8 Å². The van der Waals surface area contributed by atoms with E-state index in [4.69, 9.17) is 21.1 Å². The monoisotopic (exact) mass is 380 g/mol. The molecule has 0 atom stereocenters. The van der Waals surface area contributed by atoms with Gasteiger partial charge in [0.25, 0.3) is 0 Å². The largest absolute Gasteiger partial charge is 0.493 e. The van der Waals surface area contributed by atoms with Crippen molar-refractivity contribution >= 4 is 23.2 Å². The molecule has 0 radical (unpaired) electrons. The molecule has 1 amide bonds. The molecule has 2 aromatic carbocycles. The van der Waals surface area contributed by atoms with Gasteiger partial charge in [-0.05, 0) is 42.4 Å². The first-order valence-corrected chi connectivity index (χ1v) is 8.52. The fourth-order valence-electron chi connectivity index (χ4n) is 2.50. The van der Waals surface area contributed by atoms with Gasteiger partial charge in [-0.15, -0.1) is 0 Å². The lowest BCUT2D eigenvalue weighted by atomic mass is 10.2. The third kappa shape index (κ3) is 5.34. The maximum atomic E-state index is 13.1. The first kappa shape index (κ1) is 20.0. The first-order valence-electron chi connectivity index (χ1n) is 8.15. The second kappa shape index (κ2) is 9.40. The van der Waals surface area contributed by atoms with Crippen LogP contribution in [0.5, 0.6) is 11.5 Å². The summed E-state index contributed by atoms with van der Waals surface area (Å²) in [5.41, 5.74) is 1.39. The maximum absolute atomic E-state index is 13.1. The van der Waals surface area contributed by atoms with Gasteiger partial charge in [-0.3, -0.25) is 9.69 Å². The zero-order valence-electron chi connectivity index (χ0n) is 15.0. The summed E-state index contributed by atoms with van der Waals surface area (Å²) in [6.07, 6.45) is 0. The molecule has 0 bridgehead atoms. The van der Waals surface area contributed by atoms with Gasteiger partial charge in [0.1, 0.15) is 5.82 Å². The van der Waals surface area contributed by atoms with Crippen LogP contribution in [0.4, 0.5) is 10.1 Å². The Hall–Kier alpha value is -2.31. The summed E-state index contributed by atoms with van der Waals surface area (Å²) < 4.78 is 23.6. The molecule has 0 aromatic heterocycles. The average Bonchev–Trinajstić information content (AvgIpc) is 2.63. The minimum atomic E-state index is -0.448. The average molecular weight is 381 g/mol. The Morgan fingerprint density at radius 1 is 1.15 bits per heavy atom. The van der Waals surface area contributed by atoms with Crippen LogP contribution in [0.3, 0.4) is 0 Å². The van der Waals surface area contributed by atoms with Crippen LogP contribution in [0.2, 0.25) is 5.02 Å². The molecule has 0 unspecified atom stereocenters. The van der Waals surface area contributed by atoms with Crippen molar-refractivity contribution in [2.24, 2.45) is 0 Å². The minimum absolute atomic E-state index is 0.168. The summed E-state index contributed by atoms with van der Waals surface area (Å²) >= 11 is 5.94. The predicted octanol–water partition coefficient (Wildman–Crippen LogP) is 3.96. The number of nitrogens with one attached hydrogen (secondary N) is 1. The number of likely N-dealkylation sites (N-methyl/N-ethyl adjacent to an activating group) is 1. The van der Waals surface area contributed by atoms with Crippen molar-refractivity contribution in [2.45, 2.75) is 13.5 Å². The molecule has 0 saturated heterocycles. The van der Waals surface area contributed by atoms with E-state index in [0.717, 1.165) is 5.56 Å². The van der Waals surface area contributed by atoms with E-state index in [0.29, 0.717) is 30.3 Å². The van der Waals surface area contributed by atoms with Crippen LogP contribution >= 0.6 is 11.6 Å². The SMILES string of the molecule is CCN(CC(=O)Nc1ccc(F)cc1Cl)Cc1ccc(OC)c(OC)c1. The van der Waals surface area contributed by atoms with Gasteiger partial charge in [0, 0.05) is 6.54 Å². The fourth-order valence-corrected chi connectivity index (χ4v) is 2.71. The molecule has 7 heteroatoms. The van der Waals surface area contributed by atoms with Crippen LogP contribution in [0, 0.1) is 5.82 Å². The summed E-state index contributed by atoms with van der Waals surface area (Å²) in [6.45, 7) is 3.40. The summed E-state index contributed by atoms with van der Waals surface area (Å²) in [5.74, 6) is 0.629. The van der Waals surface area contributed by atoms with Crippen molar-refractivity contribution in [2.75, 3.05) is 32.6 Å². The molecule has 0 spiro atoms. The third-order valence-electron chi connectivity index (χ3n) is 3.87. The molecule has 1 N–H and O–H groups in total. The maximum Gasteiger partial charge on any atom is 0.238 e. The van der Waals surface area contributed by atoms with Gasteiger partial charge in [-0.1, -0.05) is 24.6 Å². The topological polar surface area (TPSA) is 50.8 Å². The smallest absolute Gasteiger partial charge is 0.238 e. The van der Waals surface area contributed by atoms with Crippen molar-refractivity contribution in [1.82, 2.24) is 4.90 Å². The van der Waals surface area contributed by atoms with Crippen LogP contribution < -0.4 is 14.8 Å². The van der Waals surface area contributed by atoms with Crippen LogP contribution in [0.1, 0.15) is 12.5 Å². The van der Waals surface area contributed by atoms with Gasteiger partial charge in [-0.2, -0.15) is 0 Å². The number of benzene rings is 2.